The molecule has 1 aromatic rings. The lowest BCUT2D eigenvalue weighted by Gasteiger charge is -2.13. The van der Waals surface area contributed by atoms with E-state index in [-0.39, 0.29) is 12.8 Å². The molecule has 6 heteroatoms. The average molecular weight is 315 g/mol. The van der Waals surface area contributed by atoms with E-state index < -0.39 is 24.5 Å². The normalized spacial score (nSPS) is 13.8. The Balaban J connectivity index is 2.56. The largest absolute Gasteiger partial charge is 0.393 e. The first-order valence-corrected chi connectivity index (χ1v) is 5.76. The number of hydrogen-bond acceptors (Lipinski definition) is 1. The smallest absolute Gasteiger partial charge is 0.389 e. The molecule has 96 valence electrons. The highest BCUT2D eigenvalue weighted by molar-refractivity contribution is 9.10. The lowest BCUT2D eigenvalue weighted by Crippen LogP contribution is -2.16. The van der Waals surface area contributed by atoms with Crippen molar-refractivity contribution in [1.29, 1.82) is 0 Å². The topological polar surface area (TPSA) is 20.2 Å². The Morgan fingerprint density at radius 3 is 2.53 bits per heavy atom. The van der Waals surface area contributed by atoms with Gasteiger partial charge in [-0.3, -0.25) is 0 Å². The predicted molar refractivity (Wildman–Crippen MR) is 59.1 cm³/mol. The summed E-state index contributed by atoms with van der Waals surface area (Å²) in [6.07, 6.45) is -6.84. The minimum atomic E-state index is -4.28. The van der Waals surface area contributed by atoms with Gasteiger partial charge in [-0.15, -0.1) is 0 Å². The standard InChI is InChI=1S/C11H11BrF4O/c12-10-2-1-8(13)5-7(10)6-9(17)3-4-11(14,15)16/h1-2,5,9,17H,3-4,6H2. The first-order chi connectivity index (χ1) is 7.78. The van der Waals surface area contributed by atoms with Crippen molar-refractivity contribution in [1.82, 2.24) is 0 Å². The van der Waals surface area contributed by atoms with E-state index in [1.165, 1.54) is 18.2 Å². The summed E-state index contributed by atoms with van der Waals surface area (Å²) < 4.78 is 49.2. The van der Waals surface area contributed by atoms with Crippen molar-refractivity contribution in [3.8, 4) is 0 Å². The number of halogens is 5. The molecule has 1 nitrogen and oxygen atoms in total. The lowest BCUT2D eigenvalue weighted by atomic mass is 10.0. The van der Waals surface area contributed by atoms with E-state index in [1.807, 2.05) is 0 Å². The third-order valence-electron chi connectivity index (χ3n) is 2.22. The molecule has 0 heterocycles. The van der Waals surface area contributed by atoms with Crippen LogP contribution in [0.4, 0.5) is 17.6 Å². The fourth-order valence-electron chi connectivity index (χ4n) is 1.39. The third kappa shape index (κ3) is 5.50. The van der Waals surface area contributed by atoms with Gasteiger partial charge in [-0.25, -0.2) is 4.39 Å². The Hall–Kier alpha value is -0.620. The third-order valence-corrected chi connectivity index (χ3v) is 3.00. The van der Waals surface area contributed by atoms with Crippen LogP contribution in [0.25, 0.3) is 0 Å². The molecule has 1 atom stereocenters. The van der Waals surface area contributed by atoms with Gasteiger partial charge in [-0.1, -0.05) is 15.9 Å². The predicted octanol–water partition coefficient (Wildman–Crippen LogP) is 3.83. The van der Waals surface area contributed by atoms with E-state index in [0.717, 1.165) is 0 Å². The molecular weight excluding hydrogens is 304 g/mol. The highest BCUT2D eigenvalue weighted by Gasteiger charge is 2.28. The second-order valence-corrected chi connectivity index (χ2v) is 4.60. The van der Waals surface area contributed by atoms with Crippen molar-refractivity contribution in [2.24, 2.45) is 0 Å². The number of alkyl halides is 3. The van der Waals surface area contributed by atoms with Crippen molar-refractivity contribution >= 4 is 15.9 Å². The van der Waals surface area contributed by atoms with E-state index in [1.54, 1.807) is 0 Å². The molecule has 0 bridgehead atoms. The van der Waals surface area contributed by atoms with E-state index in [0.29, 0.717) is 10.0 Å². The Bertz CT molecular complexity index is 378. The van der Waals surface area contributed by atoms with Crippen molar-refractivity contribution < 1.29 is 22.7 Å². The minimum Gasteiger partial charge on any atom is -0.393 e. The molecule has 0 amide bonds. The van der Waals surface area contributed by atoms with Gasteiger partial charge < -0.3 is 5.11 Å². The van der Waals surface area contributed by atoms with Gasteiger partial charge >= 0.3 is 6.18 Å². The van der Waals surface area contributed by atoms with Crippen LogP contribution >= 0.6 is 15.9 Å². The molecule has 0 radical (unpaired) electrons. The van der Waals surface area contributed by atoms with Gasteiger partial charge in [0.25, 0.3) is 0 Å². The summed E-state index contributed by atoms with van der Waals surface area (Å²) in [6.45, 7) is 0. The molecule has 0 aromatic heterocycles. The fraction of sp³-hybridized carbons (Fsp3) is 0.455. The molecule has 0 aliphatic heterocycles. The zero-order chi connectivity index (χ0) is 13.1. The molecular formula is C11H11BrF4O. The van der Waals surface area contributed by atoms with Gasteiger partial charge in [-0.05, 0) is 36.6 Å². The van der Waals surface area contributed by atoms with Gasteiger partial charge in [0.05, 0.1) is 6.10 Å². The molecule has 1 rings (SSSR count). The number of hydrogen-bond donors (Lipinski definition) is 1. The van der Waals surface area contributed by atoms with Crippen LogP contribution in [0, 0.1) is 5.82 Å². The molecule has 0 aliphatic carbocycles. The molecule has 0 spiro atoms. The molecule has 17 heavy (non-hydrogen) atoms. The molecule has 0 saturated heterocycles. The maximum Gasteiger partial charge on any atom is 0.389 e. The van der Waals surface area contributed by atoms with E-state index in [4.69, 9.17) is 0 Å². The highest BCUT2D eigenvalue weighted by Crippen LogP contribution is 2.25. The Morgan fingerprint density at radius 2 is 1.94 bits per heavy atom. The molecule has 0 fully saturated rings. The van der Waals surface area contributed by atoms with Gasteiger partial charge in [0.2, 0.25) is 0 Å². The Kier molecular flexibility index (Phi) is 4.94. The maximum atomic E-state index is 12.9. The van der Waals surface area contributed by atoms with Crippen molar-refractivity contribution in [2.45, 2.75) is 31.5 Å². The van der Waals surface area contributed by atoms with Gasteiger partial charge in [0.15, 0.2) is 0 Å². The maximum absolute atomic E-state index is 12.9. The average Bonchev–Trinajstić information content (AvgIpc) is 2.20. The van der Waals surface area contributed by atoms with E-state index in [2.05, 4.69) is 15.9 Å². The highest BCUT2D eigenvalue weighted by atomic mass is 79.9. The second-order valence-electron chi connectivity index (χ2n) is 3.75. The quantitative estimate of drug-likeness (QED) is 0.837. The number of aliphatic hydroxyl groups excluding tert-OH is 1. The van der Waals surface area contributed by atoms with Crippen molar-refractivity contribution in [3.05, 3.63) is 34.1 Å². The molecule has 1 unspecified atom stereocenters. The van der Waals surface area contributed by atoms with Gasteiger partial charge in [-0.2, -0.15) is 13.2 Å². The summed E-state index contributed by atoms with van der Waals surface area (Å²) in [4.78, 5) is 0. The van der Waals surface area contributed by atoms with Crippen LogP contribution in [0.2, 0.25) is 0 Å². The SMILES string of the molecule is OC(CCC(F)(F)F)Cc1cc(F)ccc1Br. The summed E-state index contributed by atoms with van der Waals surface area (Å²) in [7, 11) is 0. The van der Waals surface area contributed by atoms with Gasteiger partial charge in [0, 0.05) is 10.9 Å². The first kappa shape index (κ1) is 14.4. The first-order valence-electron chi connectivity index (χ1n) is 4.96. The Labute approximate surface area is 105 Å². The monoisotopic (exact) mass is 314 g/mol. The Morgan fingerprint density at radius 1 is 1.29 bits per heavy atom. The minimum absolute atomic E-state index is 0.00553. The molecule has 0 aliphatic rings. The second kappa shape index (κ2) is 5.82. The summed E-state index contributed by atoms with van der Waals surface area (Å²) in [5.41, 5.74) is 0.458. The summed E-state index contributed by atoms with van der Waals surface area (Å²) in [5.74, 6) is -0.480. The van der Waals surface area contributed by atoms with Crippen molar-refractivity contribution in [3.63, 3.8) is 0 Å². The van der Waals surface area contributed by atoms with Crippen LogP contribution in [0.3, 0.4) is 0 Å². The number of aliphatic hydroxyl groups is 1. The zero-order valence-electron chi connectivity index (χ0n) is 8.77. The summed E-state index contributed by atoms with van der Waals surface area (Å²) in [5, 5.41) is 9.44. The lowest BCUT2D eigenvalue weighted by molar-refractivity contribution is -0.139. The van der Waals surface area contributed by atoms with Crippen LogP contribution in [0.1, 0.15) is 18.4 Å². The summed E-state index contributed by atoms with van der Waals surface area (Å²) in [6, 6.07) is 3.89. The number of benzene rings is 1. The number of rotatable bonds is 4. The summed E-state index contributed by atoms with van der Waals surface area (Å²) >= 11 is 3.15. The van der Waals surface area contributed by atoms with Gasteiger partial charge in [0.1, 0.15) is 5.82 Å². The van der Waals surface area contributed by atoms with E-state index >= 15 is 0 Å². The van der Waals surface area contributed by atoms with E-state index in [9.17, 15) is 22.7 Å². The molecule has 1 aromatic carbocycles. The van der Waals surface area contributed by atoms with Crippen LogP contribution < -0.4 is 0 Å². The molecule has 1 N–H and O–H groups in total. The van der Waals surface area contributed by atoms with Crippen molar-refractivity contribution in [2.75, 3.05) is 0 Å². The van der Waals surface area contributed by atoms with Crippen LogP contribution in [0.5, 0.6) is 0 Å². The van der Waals surface area contributed by atoms with Crippen LogP contribution in [-0.2, 0) is 6.42 Å². The fourth-order valence-corrected chi connectivity index (χ4v) is 1.79. The van der Waals surface area contributed by atoms with Crippen LogP contribution in [0.15, 0.2) is 22.7 Å². The zero-order valence-corrected chi connectivity index (χ0v) is 10.4. The molecule has 0 saturated carbocycles. The van der Waals surface area contributed by atoms with Crippen LogP contribution in [-0.4, -0.2) is 17.4 Å².